The smallest absolute Gasteiger partial charge is 0.127 e. The fourth-order valence-electron chi connectivity index (χ4n) is 2.87. The maximum absolute atomic E-state index is 4.28. The molecular formula is C15H25N3. The molecule has 0 bridgehead atoms. The summed E-state index contributed by atoms with van der Waals surface area (Å²) in [7, 11) is 1.92. The second kappa shape index (κ2) is 6.62. The second-order valence-electron chi connectivity index (χ2n) is 5.22. The van der Waals surface area contributed by atoms with Gasteiger partial charge in [-0.25, -0.2) is 4.98 Å². The number of hydrogen-bond donors (Lipinski definition) is 1. The minimum atomic E-state index is 0.936. The van der Waals surface area contributed by atoms with Crippen LogP contribution in [0.15, 0.2) is 18.3 Å². The van der Waals surface area contributed by atoms with Crippen LogP contribution in [0.3, 0.4) is 0 Å². The first-order valence-electron chi connectivity index (χ1n) is 7.22. The zero-order chi connectivity index (χ0) is 12.8. The van der Waals surface area contributed by atoms with Crippen molar-refractivity contribution in [2.75, 3.05) is 30.4 Å². The van der Waals surface area contributed by atoms with Crippen LogP contribution < -0.4 is 10.2 Å². The summed E-state index contributed by atoms with van der Waals surface area (Å²) in [6.45, 7) is 4.68. The molecule has 3 nitrogen and oxygen atoms in total. The summed E-state index contributed by atoms with van der Waals surface area (Å²) in [4.78, 5) is 6.79. The van der Waals surface area contributed by atoms with Crippen molar-refractivity contribution in [1.82, 2.24) is 4.98 Å². The molecule has 1 N–H and O–H groups in total. The van der Waals surface area contributed by atoms with E-state index in [1.54, 1.807) is 0 Å². The van der Waals surface area contributed by atoms with Crippen LogP contribution in [-0.4, -0.2) is 25.1 Å². The average molecular weight is 247 g/mol. The van der Waals surface area contributed by atoms with Crippen molar-refractivity contribution < 1.29 is 0 Å². The summed E-state index contributed by atoms with van der Waals surface area (Å²) in [5.74, 6) is 1.90. The molecule has 1 aliphatic rings. The van der Waals surface area contributed by atoms with E-state index in [2.05, 4.69) is 34.3 Å². The average Bonchev–Trinajstić information content (AvgIpc) is 2.65. The molecule has 2 rings (SSSR count). The lowest BCUT2D eigenvalue weighted by atomic mass is 9.96. The van der Waals surface area contributed by atoms with Crippen LogP contribution in [0.2, 0.25) is 0 Å². The molecule has 1 aliphatic heterocycles. The summed E-state index contributed by atoms with van der Waals surface area (Å²) in [6, 6.07) is 4.28. The molecule has 0 aromatic carbocycles. The Hall–Kier alpha value is -1.25. The summed E-state index contributed by atoms with van der Waals surface area (Å²) in [5.41, 5.74) is 1.31. The first-order chi connectivity index (χ1) is 8.83. The Balaban J connectivity index is 2.00. The van der Waals surface area contributed by atoms with Crippen LogP contribution in [0, 0.1) is 5.92 Å². The van der Waals surface area contributed by atoms with Crippen molar-refractivity contribution in [2.45, 2.75) is 39.0 Å². The highest BCUT2D eigenvalue weighted by Crippen LogP contribution is 2.26. The third kappa shape index (κ3) is 3.37. The zero-order valence-corrected chi connectivity index (χ0v) is 11.7. The monoisotopic (exact) mass is 247 g/mol. The molecule has 0 aliphatic carbocycles. The third-order valence-corrected chi connectivity index (χ3v) is 3.91. The van der Waals surface area contributed by atoms with E-state index >= 15 is 0 Å². The van der Waals surface area contributed by atoms with Crippen LogP contribution in [0.25, 0.3) is 0 Å². The zero-order valence-electron chi connectivity index (χ0n) is 11.7. The van der Waals surface area contributed by atoms with Gasteiger partial charge >= 0.3 is 0 Å². The lowest BCUT2D eigenvalue weighted by Gasteiger charge is -2.23. The predicted molar refractivity (Wildman–Crippen MR) is 78.2 cm³/mol. The Kier molecular flexibility index (Phi) is 4.85. The van der Waals surface area contributed by atoms with Crippen molar-refractivity contribution in [3.8, 4) is 0 Å². The minimum absolute atomic E-state index is 0.936. The number of aromatic nitrogens is 1. The van der Waals surface area contributed by atoms with E-state index in [1.165, 1.54) is 50.9 Å². The Labute approximate surface area is 111 Å². The van der Waals surface area contributed by atoms with E-state index in [-0.39, 0.29) is 0 Å². The van der Waals surface area contributed by atoms with E-state index in [1.807, 2.05) is 13.2 Å². The van der Waals surface area contributed by atoms with Gasteiger partial charge < -0.3 is 10.2 Å². The molecule has 0 spiro atoms. The van der Waals surface area contributed by atoms with Crippen molar-refractivity contribution in [2.24, 2.45) is 5.92 Å². The standard InChI is InChI=1S/C15H25N3/c1-3-5-13-6-4-10-18(11-8-13)14-7-9-17-15(12-14)16-2/h7,9,12-13H,3-6,8,10-11H2,1-2H3,(H,16,17). The Morgan fingerprint density at radius 1 is 1.39 bits per heavy atom. The molecule has 2 heterocycles. The topological polar surface area (TPSA) is 28.2 Å². The van der Waals surface area contributed by atoms with Gasteiger partial charge in [-0.2, -0.15) is 0 Å². The minimum Gasteiger partial charge on any atom is -0.373 e. The lowest BCUT2D eigenvalue weighted by Crippen LogP contribution is -2.24. The molecule has 100 valence electrons. The largest absolute Gasteiger partial charge is 0.373 e. The lowest BCUT2D eigenvalue weighted by molar-refractivity contribution is 0.435. The Morgan fingerprint density at radius 3 is 3.06 bits per heavy atom. The first kappa shape index (κ1) is 13.2. The Bertz CT molecular complexity index is 365. The van der Waals surface area contributed by atoms with Crippen LogP contribution in [0.4, 0.5) is 11.5 Å². The summed E-state index contributed by atoms with van der Waals surface area (Å²) < 4.78 is 0. The van der Waals surface area contributed by atoms with E-state index in [0.717, 1.165) is 11.7 Å². The first-order valence-corrected chi connectivity index (χ1v) is 7.22. The maximum atomic E-state index is 4.28. The molecular weight excluding hydrogens is 222 g/mol. The molecule has 3 heteroatoms. The van der Waals surface area contributed by atoms with Gasteiger partial charge in [-0.15, -0.1) is 0 Å². The normalized spacial score (nSPS) is 20.6. The fourth-order valence-corrected chi connectivity index (χ4v) is 2.87. The second-order valence-corrected chi connectivity index (χ2v) is 5.22. The van der Waals surface area contributed by atoms with Gasteiger partial charge in [0.1, 0.15) is 5.82 Å². The summed E-state index contributed by atoms with van der Waals surface area (Å²) in [5, 5.41) is 3.11. The van der Waals surface area contributed by atoms with Crippen LogP contribution in [0.1, 0.15) is 39.0 Å². The number of pyridine rings is 1. The molecule has 1 aromatic heterocycles. The molecule has 0 radical (unpaired) electrons. The number of hydrogen-bond acceptors (Lipinski definition) is 3. The van der Waals surface area contributed by atoms with E-state index < -0.39 is 0 Å². The molecule has 0 amide bonds. The van der Waals surface area contributed by atoms with Crippen molar-refractivity contribution in [1.29, 1.82) is 0 Å². The highest BCUT2D eigenvalue weighted by molar-refractivity contribution is 5.53. The molecule has 1 unspecified atom stereocenters. The quantitative estimate of drug-likeness (QED) is 0.882. The van der Waals surface area contributed by atoms with Crippen molar-refractivity contribution >= 4 is 11.5 Å². The molecule has 1 aromatic rings. The SMILES string of the molecule is CCCC1CCCN(c2ccnc(NC)c2)CC1. The number of nitrogens with zero attached hydrogens (tertiary/aromatic N) is 2. The summed E-state index contributed by atoms with van der Waals surface area (Å²) in [6.07, 6.45) is 8.67. The number of nitrogens with one attached hydrogen (secondary N) is 1. The number of rotatable bonds is 4. The molecule has 18 heavy (non-hydrogen) atoms. The van der Waals surface area contributed by atoms with Gasteiger partial charge in [0.2, 0.25) is 0 Å². The van der Waals surface area contributed by atoms with Crippen molar-refractivity contribution in [3.63, 3.8) is 0 Å². The fraction of sp³-hybridized carbons (Fsp3) is 0.667. The predicted octanol–water partition coefficient (Wildman–Crippen LogP) is 3.53. The highest BCUT2D eigenvalue weighted by Gasteiger charge is 2.16. The molecule has 1 saturated heterocycles. The summed E-state index contributed by atoms with van der Waals surface area (Å²) >= 11 is 0. The van der Waals surface area contributed by atoms with Gasteiger partial charge in [0.05, 0.1) is 0 Å². The Morgan fingerprint density at radius 2 is 2.28 bits per heavy atom. The van der Waals surface area contributed by atoms with Gasteiger partial charge in [0.15, 0.2) is 0 Å². The van der Waals surface area contributed by atoms with E-state index in [9.17, 15) is 0 Å². The van der Waals surface area contributed by atoms with E-state index in [0.29, 0.717) is 0 Å². The van der Waals surface area contributed by atoms with Crippen LogP contribution in [0.5, 0.6) is 0 Å². The molecule has 0 saturated carbocycles. The molecule has 1 atom stereocenters. The van der Waals surface area contributed by atoms with Gasteiger partial charge in [-0.05, 0) is 31.2 Å². The van der Waals surface area contributed by atoms with Crippen LogP contribution in [-0.2, 0) is 0 Å². The number of anilines is 2. The maximum Gasteiger partial charge on any atom is 0.127 e. The van der Waals surface area contributed by atoms with Crippen LogP contribution >= 0.6 is 0 Å². The van der Waals surface area contributed by atoms with Crippen molar-refractivity contribution in [3.05, 3.63) is 18.3 Å². The molecule has 1 fully saturated rings. The highest BCUT2D eigenvalue weighted by atomic mass is 15.1. The third-order valence-electron chi connectivity index (χ3n) is 3.91. The van der Waals surface area contributed by atoms with Gasteiger partial charge in [-0.3, -0.25) is 0 Å². The van der Waals surface area contributed by atoms with E-state index in [4.69, 9.17) is 0 Å². The van der Waals surface area contributed by atoms with Gasteiger partial charge in [-0.1, -0.05) is 19.8 Å². The van der Waals surface area contributed by atoms with Gasteiger partial charge in [0, 0.05) is 38.1 Å². The van der Waals surface area contributed by atoms with Gasteiger partial charge in [0.25, 0.3) is 0 Å².